The summed E-state index contributed by atoms with van der Waals surface area (Å²) in [5.41, 5.74) is 4.16. The summed E-state index contributed by atoms with van der Waals surface area (Å²) in [7, 11) is 0. The molecule has 0 aliphatic carbocycles. The Morgan fingerprint density at radius 1 is 0.947 bits per heavy atom. The molecule has 0 unspecified atom stereocenters. The molecular formula is C28H36F3N3O4. The van der Waals surface area contributed by atoms with Crippen molar-refractivity contribution in [2.75, 3.05) is 32.7 Å². The van der Waals surface area contributed by atoms with Crippen molar-refractivity contribution in [1.29, 1.82) is 0 Å². The molecule has 1 saturated heterocycles. The Labute approximate surface area is 221 Å². The van der Waals surface area contributed by atoms with Gasteiger partial charge in [-0.05, 0) is 35.6 Å². The summed E-state index contributed by atoms with van der Waals surface area (Å²) in [5.74, 6) is -2.67. The summed E-state index contributed by atoms with van der Waals surface area (Å²) in [4.78, 5) is 38.6. The molecule has 1 aliphatic heterocycles. The van der Waals surface area contributed by atoms with Gasteiger partial charge in [0, 0.05) is 51.3 Å². The fraction of sp³-hybridized carbons (Fsp3) is 0.464. The molecule has 1 fully saturated rings. The van der Waals surface area contributed by atoms with Crippen LogP contribution in [0.4, 0.5) is 13.2 Å². The van der Waals surface area contributed by atoms with Crippen LogP contribution in [-0.4, -0.2) is 71.6 Å². The molecule has 0 spiro atoms. The molecule has 2 aromatic carbocycles. The number of nitrogens with one attached hydrogen (secondary N) is 1. The van der Waals surface area contributed by atoms with E-state index in [0.717, 1.165) is 31.7 Å². The van der Waals surface area contributed by atoms with Gasteiger partial charge in [-0.25, -0.2) is 4.79 Å². The summed E-state index contributed by atoms with van der Waals surface area (Å²) in [6, 6.07) is 16.1. The first-order valence-corrected chi connectivity index (χ1v) is 12.4. The zero-order valence-corrected chi connectivity index (χ0v) is 22.3. The maximum atomic E-state index is 13.4. The molecule has 1 heterocycles. The molecule has 3 rings (SSSR count). The molecule has 208 valence electrons. The monoisotopic (exact) mass is 535 g/mol. The maximum absolute atomic E-state index is 13.4. The van der Waals surface area contributed by atoms with E-state index >= 15 is 0 Å². The maximum Gasteiger partial charge on any atom is 0.490 e. The highest BCUT2D eigenvalue weighted by Crippen LogP contribution is 2.23. The van der Waals surface area contributed by atoms with Gasteiger partial charge in [-0.3, -0.25) is 9.59 Å². The van der Waals surface area contributed by atoms with Gasteiger partial charge in [-0.1, -0.05) is 62.7 Å². The normalized spacial score (nSPS) is 13.8. The van der Waals surface area contributed by atoms with Gasteiger partial charge in [0.2, 0.25) is 5.91 Å². The summed E-state index contributed by atoms with van der Waals surface area (Å²) >= 11 is 0. The Hall–Kier alpha value is -3.40. The number of halogens is 3. The van der Waals surface area contributed by atoms with Crippen molar-refractivity contribution in [3.63, 3.8) is 0 Å². The number of amides is 2. The van der Waals surface area contributed by atoms with Crippen LogP contribution in [0.15, 0.2) is 48.5 Å². The van der Waals surface area contributed by atoms with Crippen molar-refractivity contribution in [3.8, 4) is 0 Å². The zero-order valence-electron chi connectivity index (χ0n) is 22.3. The SMILES string of the molecule is Cc1ccc(CN(CCC(=O)N2CCNCC2)C(=O)c2ccc(C(C)(C)C)cc2)cc1.O=C(O)C(F)(F)F. The minimum absolute atomic E-state index is 0.0332. The van der Waals surface area contributed by atoms with Gasteiger partial charge in [0.1, 0.15) is 0 Å². The zero-order chi connectivity index (χ0) is 28.5. The van der Waals surface area contributed by atoms with Crippen molar-refractivity contribution in [2.24, 2.45) is 0 Å². The molecule has 0 atom stereocenters. The van der Waals surface area contributed by atoms with Gasteiger partial charge in [0.15, 0.2) is 0 Å². The molecule has 1 aliphatic rings. The number of rotatable bonds is 6. The lowest BCUT2D eigenvalue weighted by Crippen LogP contribution is -2.47. The fourth-order valence-electron chi connectivity index (χ4n) is 3.76. The van der Waals surface area contributed by atoms with E-state index in [0.29, 0.717) is 25.1 Å². The topological polar surface area (TPSA) is 90.0 Å². The predicted octanol–water partition coefficient (Wildman–Crippen LogP) is 4.39. The van der Waals surface area contributed by atoms with Gasteiger partial charge in [0.05, 0.1) is 0 Å². The number of carboxylic acids is 1. The number of nitrogens with zero attached hydrogens (tertiary/aromatic N) is 2. The number of alkyl halides is 3. The first-order chi connectivity index (χ1) is 17.7. The molecule has 7 nitrogen and oxygen atoms in total. The van der Waals surface area contributed by atoms with Crippen LogP contribution >= 0.6 is 0 Å². The standard InChI is InChI=1S/C26H35N3O2.C2HF3O2/c1-20-5-7-21(8-6-20)19-29(16-13-24(30)28-17-14-27-15-18-28)25(31)22-9-11-23(12-10-22)26(2,3)4;3-2(4,5)1(6)7/h5-12,27H,13-19H2,1-4H3;(H,6,7). The van der Waals surface area contributed by atoms with Crippen LogP contribution < -0.4 is 5.32 Å². The van der Waals surface area contributed by atoms with Gasteiger partial charge < -0.3 is 20.2 Å². The van der Waals surface area contributed by atoms with E-state index in [9.17, 15) is 22.8 Å². The fourth-order valence-corrected chi connectivity index (χ4v) is 3.76. The van der Waals surface area contributed by atoms with Gasteiger partial charge in [0.25, 0.3) is 5.91 Å². The number of benzene rings is 2. The summed E-state index contributed by atoms with van der Waals surface area (Å²) in [5, 5.41) is 10.4. The smallest absolute Gasteiger partial charge is 0.475 e. The van der Waals surface area contributed by atoms with Gasteiger partial charge in [-0.2, -0.15) is 13.2 Å². The van der Waals surface area contributed by atoms with Crippen LogP contribution in [0.1, 0.15) is 54.2 Å². The average Bonchev–Trinajstić information content (AvgIpc) is 2.87. The summed E-state index contributed by atoms with van der Waals surface area (Å²) in [6.07, 6.45) is -4.74. The quantitative estimate of drug-likeness (QED) is 0.573. The molecule has 0 saturated carbocycles. The van der Waals surface area contributed by atoms with E-state index in [-0.39, 0.29) is 17.2 Å². The number of aliphatic carboxylic acids is 1. The Morgan fingerprint density at radius 2 is 1.47 bits per heavy atom. The number of carbonyl (C=O) groups excluding carboxylic acids is 2. The molecule has 0 radical (unpaired) electrons. The number of hydrogen-bond acceptors (Lipinski definition) is 4. The van der Waals surface area contributed by atoms with Crippen LogP contribution in [-0.2, 0) is 21.5 Å². The highest BCUT2D eigenvalue weighted by molar-refractivity contribution is 5.94. The molecule has 2 N–H and O–H groups in total. The molecular weight excluding hydrogens is 499 g/mol. The van der Waals surface area contributed by atoms with E-state index in [4.69, 9.17) is 9.90 Å². The summed E-state index contributed by atoms with van der Waals surface area (Å²) < 4.78 is 31.7. The third-order valence-corrected chi connectivity index (χ3v) is 6.09. The van der Waals surface area contributed by atoms with Gasteiger partial charge in [-0.15, -0.1) is 0 Å². The van der Waals surface area contributed by atoms with E-state index < -0.39 is 12.1 Å². The first kappa shape index (κ1) is 30.8. The number of hydrogen-bond donors (Lipinski definition) is 2. The van der Waals surface area contributed by atoms with Crippen molar-refractivity contribution < 1.29 is 32.7 Å². The molecule has 2 aromatic rings. The van der Waals surface area contributed by atoms with Crippen molar-refractivity contribution in [1.82, 2.24) is 15.1 Å². The average molecular weight is 536 g/mol. The molecule has 10 heteroatoms. The molecule has 38 heavy (non-hydrogen) atoms. The minimum atomic E-state index is -5.08. The van der Waals surface area contributed by atoms with Gasteiger partial charge >= 0.3 is 12.1 Å². The van der Waals surface area contributed by atoms with Crippen LogP contribution in [0.2, 0.25) is 0 Å². The number of carboxylic acid groups (broad SMARTS) is 1. The number of piperazine rings is 1. The second-order valence-corrected chi connectivity index (χ2v) is 10.2. The second-order valence-electron chi connectivity index (χ2n) is 10.2. The van der Waals surface area contributed by atoms with Crippen molar-refractivity contribution >= 4 is 17.8 Å². The minimum Gasteiger partial charge on any atom is -0.475 e. The molecule has 0 aromatic heterocycles. The Morgan fingerprint density at radius 3 is 1.95 bits per heavy atom. The van der Waals surface area contributed by atoms with Crippen LogP contribution in [0.25, 0.3) is 0 Å². The van der Waals surface area contributed by atoms with Crippen LogP contribution in [0.5, 0.6) is 0 Å². The largest absolute Gasteiger partial charge is 0.490 e. The number of carbonyl (C=O) groups is 3. The third kappa shape index (κ3) is 9.81. The third-order valence-electron chi connectivity index (χ3n) is 6.09. The predicted molar refractivity (Wildman–Crippen MR) is 139 cm³/mol. The highest BCUT2D eigenvalue weighted by Gasteiger charge is 2.38. The van der Waals surface area contributed by atoms with Crippen LogP contribution in [0, 0.1) is 6.92 Å². The second kappa shape index (κ2) is 13.4. The summed E-state index contributed by atoms with van der Waals surface area (Å²) in [6.45, 7) is 12.6. The number of aryl methyl sites for hydroxylation is 1. The Bertz CT molecular complexity index is 1070. The lowest BCUT2D eigenvalue weighted by Gasteiger charge is -2.29. The van der Waals surface area contributed by atoms with Crippen LogP contribution in [0.3, 0.4) is 0 Å². The van der Waals surface area contributed by atoms with E-state index in [1.165, 1.54) is 11.1 Å². The van der Waals surface area contributed by atoms with E-state index in [2.05, 4.69) is 57.3 Å². The Kier molecular flexibility index (Phi) is 10.9. The highest BCUT2D eigenvalue weighted by atomic mass is 19.4. The van der Waals surface area contributed by atoms with Crippen molar-refractivity contribution in [3.05, 3.63) is 70.8 Å². The molecule has 0 bridgehead atoms. The van der Waals surface area contributed by atoms with E-state index in [1.807, 2.05) is 29.2 Å². The first-order valence-electron chi connectivity index (χ1n) is 12.4. The van der Waals surface area contributed by atoms with E-state index in [1.54, 1.807) is 4.90 Å². The molecule has 2 amide bonds. The Balaban J connectivity index is 0.000000638. The lowest BCUT2D eigenvalue weighted by atomic mass is 9.86. The lowest BCUT2D eigenvalue weighted by molar-refractivity contribution is -0.192. The van der Waals surface area contributed by atoms with Crippen molar-refractivity contribution in [2.45, 2.75) is 52.3 Å².